The van der Waals surface area contributed by atoms with Gasteiger partial charge in [-0.1, -0.05) is 11.6 Å². The Bertz CT molecular complexity index is 764. The average molecular weight is 391 g/mol. The molecule has 0 bridgehead atoms. The molecule has 7 nitrogen and oxygen atoms in total. The summed E-state index contributed by atoms with van der Waals surface area (Å²) in [6.45, 7) is 3.05. The van der Waals surface area contributed by atoms with Crippen LogP contribution in [0.4, 0.5) is 0 Å². The highest BCUT2D eigenvalue weighted by Crippen LogP contribution is 2.42. The number of fused-ring (bicyclic) bond motifs is 1. The second-order valence-corrected chi connectivity index (χ2v) is 9.12. The van der Waals surface area contributed by atoms with Crippen LogP contribution in [0, 0.1) is 0 Å². The Balaban J connectivity index is 2.28. The van der Waals surface area contributed by atoms with Crippen molar-refractivity contribution in [2.75, 3.05) is 26.4 Å². The largest absolute Gasteiger partial charge is 0.485 e. The smallest absolute Gasteiger partial charge is 0.237 e. The van der Waals surface area contributed by atoms with Crippen LogP contribution in [0.5, 0.6) is 5.75 Å². The molecule has 0 spiro atoms. The van der Waals surface area contributed by atoms with Gasteiger partial charge in [0.25, 0.3) is 0 Å². The van der Waals surface area contributed by atoms with Gasteiger partial charge in [-0.3, -0.25) is 4.79 Å². The zero-order chi connectivity index (χ0) is 19.0. The van der Waals surface area contributed by atoms with Crippen LogP contribution < -0.4 is 9.46 Å². The Kier molecular flexibility index (Phi) is 5.68. The fourth-order valence-electron chi connectivity index (χ4n) is 2.71. The maximum Gasteiger partial charge on any atom is 0.237 e. The number of hydrogen-bond acceptors (Lipinski definition) is 5. The van der Waals surface area contributed by atoms with E-state index < -0.39 is 27.6 Å². The maximum absolute atomic E-state index is 12.4. The summed E-state index contributed by atoms with van der Waals surface area (Å²) in [5.41, 5.74) is -0.427. The van der Waals surface area contributed by atoms with E-state index in [1.54, 1.807) is 46.1 Å². The average Bonchev–Trinajstić information content (AvgIpc) is 2.50. The molecule has 2 rings (SSSR count). The monoisotopic (exact) mass is 390 g/mol. The van der Waals surface area contributed by atoms with Gasteiger partial charge in [0.2, 0.25) is 15.9 Å². The number of halogens is 1. The predicted octanol–water partition coefficient (Wildman–Crippen LogP) is 0.963. The standard InChI is InChI=1S/C16H23ClN2O5S/c1-16(2)15(21)12(11-7-10(17)5-6-13(11)24-16)9-25(22,23)18-8-14(20)19(3)4/h5-7,12,15,18,21H,8-9H2,1-4H3. The Morgan fingerprint density at radius 1 is 1.40 bits per heavy atom. The second-order valence-electron chi connectivity index (χ2n) is 6.83. The number of aliphatic hydroxyl groups excluding tert-OH is 1. The number of ether oxygens (including phenoxy) is 1. The third-order valence-electron chi connectivity index (χ3n) is 4.18. The zero-order valence-electron chi connectivity index (χ0n) is 14.6. The highest BCUT2D eigenvalue weighted by molar-refractivity contribution is 7.89. The third-order valence-corrected chi connectivity index (χ3v) is 5.80. The first-order valence-corrected chi connectivity index (χ1v) is 9.80. The van der Waals surface area contributed by atoms with Crippen molar-refractivity contribution in [3.05, 3.63) is 28.8 Å². The number of carbonyl (C=O) groups excluding carboxylic acids is 1. The van der Waals surface area contributed by atoms with Gasteiger partial charge in [0.05, 0.1) is 12.3 Å². The lowest BCUT2D eigenvalue weighted by atomic mass is 9.82. The summed E-state index contributed by atoms with van der Waals surface area (Å²) in [6, 6.07) is 4.90. The number of nitrogens with one attached hydrogen (secondary N) is 1. The van der Waals surface area contributed by atoms with Gasteiger partial charge in [-0.15, -0.1) is 0 Å². The number of carbonyl (C=O) groups is 1. The predicted molar refractivity (Wildman–Crippen MR) is 95.4 cm³/mol. The first kappa shape index (κ1) is 20.0. The number of hydrogen-bond donors (Lipinski definition) is 2. The van der Waals surface area contributed by atoms with Crippen molar-refractivity contribution < 1.29 is 23.1 Å². The van der Waals surface area contributed by atoms with Gasteiger partial charge >= 0.3 is 0 Å². The summed E-state index contributed by atoms with van der Waals surface area (Å²) in [5, 5.41) is 11.1. The molecule has 2 N–H and O–H groups in total. The van der Waals surface area contributed by atoms with Gasteiger partial charge in [-0.05, 0) is 32.0 Å². The van der Waals surface area contributed by atoms with Crippen LogP contribution in [-0.2, 0) is 14.8 Å². The number of benzene rings is 1. The van der Waals surface area contributed by atoms with Crippen LogP contribution in [0.3, 0.4) is 0 Å². The van der Waals surface area contributed by atoms with E-state index in [1.165, 1.54) is 4.90 Å². The molecule has 1 aromatic rings. The Morgan fingerprint density at radius 3 is 2.64 bits per heavy atom. The normalized spacial score (nSPS) is 22.0. The summed E-state index contributed by atoms with van der Waals surface area (Å²) < 4.78 is 32.9. The molecule has 1 aliphatic rings. The number of sulfonamides is 1. The molecule has 0 saturated heterocycles. The molecular weight excluding hydrogens is 368 g/mol. The molecule has 1 amide bonds. The van der Waals surface area contributed by atoms with Crippen LogP contribution in [0.15, 0.2) is 18.2 Å². The van der Waals surface area contributed by atoms with E-state index in [2.05, 4.69) is 4.72 Å². The van der Waals surface area contributed by atoms with Crippen LogP contribution in [0.1, 0.15) is 25.3 Å². The minimum atomic E-state index is -3.80. The van der Waals surface area contributed by atoms with E-state index in [0.717, 1.165) is 0 Å². The van der Waals surface area contributed by atoms with Crippen molar-refractivity contribution in [1.82, 2.24) is 9.62 Å². The SMILES string of the molecule is CN(C)C(=O)CNS(=O)(=O)CC1c2cc(Cl)ccc2OC(C)(C)C1O. The fraction of sp³-hybridized carbons (Fsp3) is 0.562. The van der Waals surface area contributed by atoms with E-state index in [1.807, 2.05) is 0 Å². The van der Waals surface area contributed by atoms with Gasteiger partial charge < -0.3 is 14.7 Å². The minimum Gasteiger partial charge on any atom is -0.485 e. The number of nitrogens with zero attached hydrogens (tertiary/aromatic N) is 1. The molecule has 0 aliphatic carbocycles. The molecule has 0 fully saturated rings. The molecule has 0 aromatic heterocycles. The van der Waals surface area contributed by atoms with Gasteiger partial charge in [-0.2, -0.15) is 0 Å². The highest BCUT2D eigenvalue weighted by atomic mass is 35.5. The maximum atomic E-state index is 12.4. The molecular formula is C16H23ClN2O5S. The van der Waals surface area contributed by atoms with E-state index >= 15 is 0 Å². The summed E-state index contributed by atoms with van der Waals surface area (Å²) in [4.78, 5) is 12.9. The molecule has 1 aromatic carbocycles. The van der Waals surface area contributed by atoms with Crippen LogP contribution in [0.25, 0.3) is 0 Å². The quantitative estimate of drug-likeness (QED) is 0.780. The van der Waals surface area contributed by atoms with Crippen molar-refractivity contribution >= 4 is 27.5 Å². The van der Waals surface area contributed by atoms with E-state index in [-0.39, 0.29) is 18.2 Å². The van der Waals surface area contributed by atoms with Crippen molar-refractivity contribution in [2.24, 2.45) is 0 Å². The lowest BCUT2D eigenvalue weighted by Crippen LogP contribution is -2.51. The number of amides is 1. The first-order valence-electron chi connectivity index (χ1n) is 7.77. The summed E-state index contributed by atoms with van der Waals surface area (Å²) in [6.07, 6.45) is -1.06. The molecule has 2 atom stereocenters. The Hall–Kier alpha value is -1.35. The van der Waals surface area contributed by atoms with Crippen LogP contribution >= 0.6 is 11.6 Å². The van der Waals surface area contributed by atoms with Gasteiger partial charge in [0.1, 0.15) is 17.5 Å². The zero-order valence-corrected chi connectivity index (χ0v) is 16.2. The summed E-state index contributed by atoms with van der Waals surface area (Å²) in [5.74, 6) is -0.983. The molecule has 1 aliphatic heterocycles. The molecule has 2 unspecified atom stereocenters. The summed E-state index contributed by atoms with van der Waals surface area (Å²) in [7, 11) is -0.722. The molecule has 1 heterocycles. The number of aliphatic hydroxyl groups is 1. The lowest BCUT2D eigenvalue weighted by Gasteiger charge is -2.42. The van der Waals surface area contributed by atoms with Gasteiger partial charge in [-0.25, -0.2) is 13.1 Å². The fourth-order valence-corrected chi connectivity index (χ4v) is 4.18. The molecule has 9 heteroatoms. The minimum absolute atomic E-state index is 0.333. The van der Waals surface area contributed by atoms with Crippen LogP contribution in [-0.4, -0.2) is 62.4 Å². The second kappa shape index (κ2) is 7.11. The molecule has 0 saturated carbocycles. The number of rotatable bonds is 5. The summed E-state index contributed by atoms with van der Waals surface area (Å²) >= 11 is 6.02. The van der Waals surface area contributed by atoms with Gasteiger partial charge in [0.15, 0.2) is 0 Å². The topological polar surface area (TPSA) is 95.9 Å². The first-order chi connectivity index (χ1) is 11.4. The Morgan fingerprint density at radius 2 is 2.04 bits per heavy atom. The van der Waals surface area contributed by atoms with Crippen molar-refractivity contribution in [3.8, 4) is 5.75 Å². The Labute approximate surface area is 153 Å². The highest BCUT2D eigenvalue weighted by Gasteiger charge is 2.44. The van der Waals surface area contributed by atoms with Crippen molar-refractivity contribution in [2.45, 2.75) is 31.5 Å². The molecule has 0 radical (unpaired) electrons. The van der Waals surface area contributed by atoms with Crippen molar-refractivity contribution in [3.63, 3.8) is 0 Å². The van der Waals surface area contributed by atoms with E-state index in [4.69, 9.17) is 16.3 Å². The molecule has 25 heavy (non-hydrogen) atoms. The molecule has 140 valence electrons. The van der Waals surface area contributed by atoms with Crippen LogP contribution in [0.2, 0.25) is 5.02 Å². The number of likely N-dealkylation sites (N-methyl/N-ethyl adjacent to an activating group) is 1. The van der Waals surface area contributed by atoms with Gasteiger partial charge in [0, 0.05) is 30.6 Å². The van der Waals surface area contributed by atoms with E-state index in [9.17, 15) is 18.3 Å². The van der Waals surface area contributed by atoms with Crippen molar-refractivity contribution in [1.29, 1.82) is 0 Å². The van der Waals surface area contributed by atoms with E-state index in [0.29, 0.717) is 16.3 Å². The third kappa shape index (κ3) is 4.63. The lowest BCUT2D eigenvalue weighted by molar-refractivity contribution is -0.127.